The second kappa shape index (κ2) is 4.20. The molecule has 0 aliphatic heterocycles. The topological polar surface area (TPSA) is 55.6 Å². The number of nitrogens with two attached hydrogens (primary N) is 1. The number of carbonyl (C=O) groups excluding carboxylic acids is 1. The fourth-order valence-electron chi connectivity index (χ4n) is 0.972. The predicted octanol–water partition coefficient (Wildman–Crippen LogP) is 2.67. The highest BCUT2D eigenvalue weighted by molar-refractivity contribution is 7.10. The van der Waals surface area contributed by atoms with Crippen LogP contribution in [0.15, 0.2) is 11.4 Å². The molecule has 0 aromatic carbocycles. The normalized spacial score (nSPS) is 11.3. The lowest BCUT2D eigenvalue weighted by Gasteiger charge is -2.23. The first-order valence-corrected chi connectivity index (χ1v) is 5.50. The van der Waals surface area contributed by atoms with Crippen molar-refractivity contribution in [3.8, 4) is 0 Å². The van der Waals surface area contributed by atoms with Crippen molar-refractivity contribution in [2.45, 2.75) is 33.3 Å². The first-order valence-electron chi connectivity index (χ1n) is 4.62. The number of rotatable bonds is 1. The maximum absolute atomic E-state index is 11.6. The Balaban J connectivity index is 2.69. The van der Waals surface area contributed by atoms with Gasteiger partial charge in [-0.05, 0) is 33.8 Å². The molecule has 0 unspecified atom stereocenters. The first-order chi connectivity index (χ1) is 6.79. The van der Waals surface area contributed by atoms with Crippen LogP contribution in [0.25, 0.3) is 0 Å². The number of carbonyl (C=O) groups is 1. The quantitative estimate of drug-likeness (QED) is 0.457. The number of aryl methyl sites for hydroxylation is 1. The molecule has 1 amide bonds. The van der Waals surface area contributed by atoms with E-state index in [4.69, 9.17) is 10.6 Å². The van der Waals surface area contributed by atoms with Crippen molar-refractivity contribution in [3.05, 3.63) is 16.3 Å². The van der Waals surface area contributed by atoms with Crippen LogP contribution in [-0.2, 0) is 4.74 Å². The van der Waals surface area contributed by atoms with Crippen LogP contribution in [0, 0.1) is 6.92 Å². The minimum atomic E-state index is -0.541. The zero-order valence-electron chi connectivity index (χ0n) is 9.40. The molecule has 0 atom stereocenters. The summed E-state index contributed by atoms with van der Waals surface area (Å²) >= 11 is 1.54. The van der Waals surface area contributed by atoms with Gasteiger partial charge in [0.05, 0.1) is 5.69 Å². The Morgan fingerprint density at radius 3 is 2.53 bits per heavy atom. The van der Waals surface area contributed by atoms with Gasteiger partial charge in [-0.25, -0.2) is 15.6 Å². The second-order valence-corrected chi connectivity index (χ2v) is 5.38. The largest absolute Gasteiger partial charge is 0.442 e. The van der Waals surface area contributed by atoms with Gasteiger partial charge < -0.3 is 4.74 Å². The number of anilines is 1. The van der Waals surface area contributed by atoms with Crippen LogP contribution in [0.5, 0.6) is 0 Å². The molecule has 1 aromatic heterocycles. The molecule has 84 valence electrons. The van der Waals surface area contributed by atoms with Gasteiger partial charge in [-0.1, -0.05) is 0 Å². The van der Waals surface area contributed by atoms with Crippen LogP contribution in [0.3, 0.4) is 0 Å². The molecule has 0 saturated heterocycles. The molecule has 4 nitrogen and oxygen atoms in total. The Morgan fingerprint density at radius 1 is 1.53 bits per heavy atom. The molecule has 15 heavy (non-hydrogen) atoms. The monoisotopic (exact) mass is 228 g/mol. The summed E-state index contributed by atoms with van der Waals surface area (Å²) in [6.07, 6.45) is -0.541. The van der Waals surface area contributed by atoms with Gasteiger partial charge in [0.15, 0.2) is 0 Å². The van der Waals surface area contributed by atoms with Crippen molar-refractivity contribution in [1.82, 2.24) is 0 Å². The molecule has 1 aromatic rings. The summed E-state index contributed by atoms with van der Waals surface area (Å²) in [4.78, 5) is 12.7. The van der Waals surface area contributed by atoms with Crippen LogP contribution in [0.4, 0.5) is 10.5 Å². The maximum Gasteiger partial charge on any atom is 0.429 e. The van der Waals surface area contributed by atoms with Crippen molar-refractivity contribution in [1.29, 1.82) is 0 Å². The fraction of sp³-hybridized carbons (Fsp3) is 0.500. The van der Waals surface area contributed by atoms with Crippen molar-refractivity contribution >= 4 is 23.1 Å². The number of nitrogens with zero attached hydrogens (tertiary/aromatic N) is 1. The van der Waals surface area contributed by atoms with E-state index in [0.29, 0.717) is 5.69 Å². The highest BCUT2D eigenvalue weighted by Crippen LogP contribution is 2.21. The Kier molecular flexibility index (Phi) is 3.36. The Morgan fingerprint density at radius 2 is 2.13 bits per heavy atom. The molecular formula is C10H16N2O2S. The van der Waals surface area contributed by atoms with E-state index in [-0.39, 0.29) is 0 Å². The zero-order chi connectivity index (χ0) is 11.6. The second-order valence-electron chi connectivity index (χ2n) is 4.27. The molecule has 0 fully saturated rings. The highest BCUT2D eigenvalue weighted by Gasteiger charge is 2.21. The molecule has 0 aliphatic rings. The molecule has 1 heterocycles. The molecule has 0 bridgehead atoms. The van der Waals surface area contributed by atoms with Gasteiger partial charge in [-0.15, -0.1) is 11.3 Å². The number of ether oxygens (including phenoxy) is 1. The summed E-state index contributed by atoms with van der Waals surface area (Å²) in [6.45, 7) is 7.37. The van der Waals surface area contributed by atoms with E-state index in [1.165, 1.54) is 11.3 Å². The molecule has 5 heteroatoms. The lowest BCUT2D eigenvalue weighted by atomic mass is 10.2. The average Bonchev–Trinajstić information content (AvgIpc) is 2.47. The van der Waals surface area contributed by atoms with Gasteiger partial charge >= 0.3 is 6.09 Å². The van der Waals surface area contributed by atoms with E-state index in [1.54, 1.807) is 20.8 Å². The average molecular weight is 228 g/mol. The van der Waals surface area contributed by atoms with Gasteiger partial charge in [0.2, 0.25) is 0 Å². The first kappa shape index (κ1) is 12.0. The number of hydrazine groups is 1. The standard InChI is InChI=1S/C10H16N2O2S/c1-7-5-8(6-15-7)12(11)9(13)14-10(2,3)4/h5-6H,11H2,1-4H3. The van der Waals surface area contributed by atoms with Crippen LogP contribution >= 0.6 is 11.3 Å². The van der Waals surface area contributed by atoms with E-state index < -0.39 is 11.7 Å². The number of hydrogen-bond donors (Lipinski definition) is 1. The van der Waals surface area contributed by atoms with Crippen LogP contribution in [-0.4, -0.2) is 11.7 Å². The summed E-state index contributed by atoms with van der Waals surface area (Å²) in [5.41, 5.74) is 0.131. The fourth-order valence-corrected chi connectivity index (χ4v) is 1.65. The summed E-state index contributed by atoms with van der Waals surface area (Å²) in [5, 5.41) is 2.84. The molecule has 2 N–H and O–H groups in total. The van der Waals surface area contributed by atoms with E-state index in [1.807, 2.05) is 18.4 Å². The molecule has 0 spiro atoms. The van der Waals surface area contributed by atoms with Gasteiger partial charge in [0.1, 0.15) is 5.60 Å². The zero-order valence-corrected chi connectivity index (χ0v) is 10.2. The number of amides is 1. The van der Waals surface area contributed by atoms with Crippen molar-refractivity contribution in [3.63, 3.8) is 0 Å². The number of hydrogen-bond acceptors (Lipinski definition) is 4. The lowest BCUT2D eigenvalue weighted by Crippen LogP contribution is -2.41. The van der Waals surface area contributed by atoms with Gasteiger partial charge in [0.25, 0.3) is 0 Å². The Hall–Kier alpha value is -1.07. The molecule has 0 radical (unpaired) electrons. The van der Waals surface area contributed by atoms with Crippen LogP contribution in [0.2, 0.25) is 0 Å². The van der Waals surface area contributed by atoms with Crippen molar-refractivity contribution < 1.29 is 9.53 Å². The van der Waals surface area contributed by atoms with Crippen molar-refractivity contribution in [2.24, 2.45) is 5.84 Å². The van der Waals surface area contributed by atoms with E-state index in [0.717, 1.165) is 9.89 Å². The Bertz CT molecular complexity index is 355. The third-order valence-corrected chi connectivity index (χ3v) is 2.43. The molecule has 0 aliphatic carbocycles. The third-order valence-electron chi connectivity index (χ3n) is 1.59. The predicted molar refractivity (Wildman–Crippen MR) is 62.0 cm³/mol. The van der Waals surface area contributed by atoms with Gasteiger partial charge in [0, 0.05) is 10.3 Å². The summed E-state index contributed by atoms with van der Waals surface area (Å²) in [5.74, 6) is 5.62. The van der Waals surface area contributed by atoms with Crippen LogP contribution < -0.4 is 10.9 Å². The van der Waals surface area contributed by atoms with Gasteiger partial charge in [-0.2, -0.15) is 0 Å². The van der Waals surface area contributed by atoms with E-state index >= 15 is 0 Å². The Labute approximate surface area is 93.6 Å². The highest BCUT2D eigenvalue weighted by atomic mass is 32.1. The molecule has 0 saturated carbocycles. The van der Waals surface area contributed by atoms with Crippen molar-refractivity contribution in [2.75, 3.05) is 5.01 Å². The third kappa shape index (κ3) is 3.53. The van der Waals surface area contributed by atoms with E-state index in [2.05, 4.69) is 0 Å². The minimum absolute atomic E-state index is 0.528. The summed E-state index contributed by atoms with van der Waals surface area (Å²) < 4.78 is 5.13. The maximum atomic E-state index is 11.6. The number of thiophene rings is 1. The van der Waals surface area contributed by atoms with E-state index in [9.17, 15) is 4.79 Å². The van der Waals surface area contributed by atoms with Crippen LogP contribution in [0.1, 0.15) is 25.6 Å². The minimum Gasteiger partial charge on any atom is -0.442 e. The summed E-state index contributed by atoms with van der Waals surface area (Å²) in [6, 6.07) is 1.84. The summed E-state index contributed by atoms with van der Waals surface area (Å²) in [7, 11) is 0. The smallest absolute Gasteiger partial charge is 0.429 e. The molecule has 1 rings (SSSR count). The molecular weight excluding hydrogens is 212 g/mol. The lowest BCUT2D eigenvalue weighted by molar-refractivity contribution is 0.0580. The SMILES string of the molecule is Cc1cc(N(N)C(=O)OC(C)(C)C)cs1. The van der Waals surface area contributed by atoms with Gasteiger partial charge in [-0.3, -0.25) is 0 Å².